The van der Waals surface area contributed by atoms with Crippen LogP contribution in [0.5, 0.6) is 0 Å². The highest BCUT2D eigenvalue weighted by atomic mass is 16.5. The lowest BCUT2D eigenvalue weighted by Gasteiger charge is -2.18. The second kappa shape index (κ2) is 12.9. The van der Waals surface area contributed by atoms with E-state index < -0.39 is 0 Å². The van der Waals surface area contributed by atoms with Crippen molar-refractivity contribution in [2.24, 2.45) is 4.99 Å². The molecule has 0 amide bonds. The summed E-state index contributed by atoms with van der Waals surface area (Å²) >= 11 is 0. The quantitative estimate of drug-likeness (QED) is 0.332. The van der Waals surface area contributed by atoms with Crippen LogP contribution >= 0.6 is 0 Å². The molecule has 2 N–H and O–H groups in total. The fourth-order valence-corrected chi connectivity index (χ4v) is 2.81. The van der Waals surface area contributed by atoms with Crippen molar-refractivity contribution in [2.75, 3.05) is 46.9 Å². The topological polar surface area (TPSA) is 66.7 Å². The fourth-order valence-electron chi connectivity index (χ4n) is 2.81. The Morgan fingerprint density at radius 3 is 2.64 bits per heavy atom. The molecule has 2 aromatic rings. The van der Waals surface area contributed by atoms with Crippen molar-refractivity contribution >= 4 is 5.96 Å². The molecule has 0 aliphatic heterocycles. The number of nitrogens with one attached hydrogen (secondary N) is 2. The first kappa shape index (κ1) is 21.9. The number of hydrogen-bond acceptors (Lipinski definition) is 4. The largest absolute Gasteiger partial charge is 0.385 e. The van der Waals surface area contributed by atoms with Crippen molar-refractivity contribution in [1.82, 2.24) is 25.1 Å². The Bertz CT molecular complexity index is 669. The van der Waals surface area contributed by atoms with E-state index in [2.05, 4.69) is 63.3 Å². The molecule has 0 aliphatic rings. The molecular formula is C21H34N6O. The zero-order chi connectivity index (χ0) is 20.0. The van der Waals surface area contributed by atoms with E-state index >= 15 is 0 Å². The van der Waals surface area contributed by atoms with Gasteiger partial charge in [-0.05, 0) is 31.5 Å². The van der Waals surface area contributed by atoms with Gasteiger partial charge < -0.3 is 24.8 Å². The number of likely N-dealkylation sites (N-methyl/N-ethyl adjacent to an activating group) is 1. The van der Waals surface area contributed by atoms with Crippen LogP contribution in [0.3, 0.4) is 0 Å². The number of ether oxygens (including phenoxy) is 1. The Hall–Kier alpha value is -2.38. The minimum atomic E-state index is 0.657. The second-order valence-corrected chi connectivity index (χ2v) is 6.82. The summed E-state index contributed by atoms with van der Waals surface area (Å²) in [6.07, 6.45) is 6.66. The second-order valence-electron chi connectivity index (χ2n) is 6.82. The Morgan fingerprint density at radius 2 is 1.96 bits per heavy atom. The third-order valence-electron chi connectivity index (χ3n) is 4.39. The van der Waals surface area contributed by atoms with Crippen molar-refractivity contribution in [3.8, 4) is 0 Å². The molecule has 28 heavy (non-hydrogen) atoms. The summed E-state index contributed by atoms with van der Waals surface area (Å²) in [4.78, 5) is 11.1. The molecule has 154 valence electrons. The summed E-state index contributed by atoms with van der Waals surface area (Å²) < 4.78 is 7.16. The molecule has 1 heterocycles. The molecule has 0 saturated carbocycles. The maximum atomic E-state index is 5.10. The molecule has 0 fully saturated rings. The number of rotatable bonds is 12. The third-order valence-corrected chi connectivity index (χ3v) is 4.39. The van der Waals surface area contributed by atoms with Crippen molar-refractivity contribution in [2.45, 2.75) is 26.4 Å². The highest BCUT2D eigenvalue weighted by molar-refractivity contribution is 5.79. The van der Waals surface area contributed by atoms with E-state index in [1.165, 1.54) is 11.1 Å². The summed E-state index contributed by atoms with van der Waals surface area (Å²) in [5, 5.41) is 6.72. The van der Waals surface area contributed by atoms with Gasteiger partial charge in [0.2, 0.25) is 0 Å². The van der Waals surface area contributed by atoms with Crippen LogP contribution in [0.1, 0.15) is 24.5 Å². The van der Waals surface area contributed by atoms with Crippen molar-refractivity contribution in [1.29, 1.82) is 0 Å². The van der Waals surface area contributed by atoms with Crippen molar-refractivity contribution < 1.29 is 4.74 Å². The summed E-state index contributed by atoms with van der Waals surface area (Å²) in [5.74, 6) is 0.857. The molecule has 7 heteroatoms. The van der Waals surface area contributed by atoms with E-state index in [4.69, 9.17) is 9.73 Å². The molecule has 0 atom stereocenters. The van der Waals surface area contributed by atoms with E-state index in [1.807, 2.05) is 12.5 Å². The highest BCUT2D eigenvalue weighted by Crippen LogP contribution is 2.07. The van der Waals surface area contributed by atoms with Gasteiger partial charge in [0.1, 0.15) is 0 Å². The van der Waals surface area contributed by atoms with Crippen LogP contribution in [-0.4, -0.2) is 67.4 Å². The van der Waals surface area contributed by atoms with Gasteiger partial charge in [0.05, 0.1) is 12.9 Å². The average Bonchev–Trinajstić information content (AvgIpc) is 3.20. The van der Waals surface area contributed by atoms with Crippen LogP contribution in [0.15, 0.2) is 48.0 Å². The van der Waals surface area contributed by atoms with Crippen LogP contribution in [-0.2, 0) is 17.8 Å². The van der Waals surface area contributed by atoms with Crippen LogP contribution in [0.4, 0.5) is 0 Å². The first-order valence-electron chi connectivity index (χ1n) is 9.94. The van der Waals surface area contributed by atoms with Crippen molar-refractivity contribution in [3.63, 3.8) is 0 Å². The predicted octanol–water partition coefficient (Wildman–Crippen LogP) is 1.95. The van der Waals surface area contributed by atoms with E-state index in [0.29, 0.717) is 6.54 Å². The monoisotopic (exact) mass is 386 g/mol. The van der Waals surface area contributed by atoms with Gasteiger partial charge >= 0.3 is 0 Å². The summed E-state index contributed by atoms with van der Waals surface area (Å²) in [5.41, 5.74) is 2.45. The molecule has 7 nitrogen and oxygen atoms in total. The van der Waals surface area contributed by atoms with E-state index in [0.717, 1.165) is 51.7 Å². The molecule has 0 saturated heterocycles. The summed E-state index contributed by atoms with van der Waals surface area (Å²) in [6, 6.07) is 8.59. The Kier molecular flexibility index (Phi) is 10.1. The average molecular weight is 387 g/mol. The number of hydrogen-bond donors (Lipinski definition) is 2. The maximum Gasteiger partial charge on any atom is 0.191 e. The normalized spacial score (nSPS) is 11.8. The smallest absolute Gasteiger partial charge is 0.191 e. The summed E-state index contributed by atoms with van der Waals surface area (Å²) in [6.45, 7) is 8.10. The molecule has 2 rings (SSSR count). The van der Waals surface area contributed by atoms with Crippen molar-refractivity contribution in [3.05, 3.63) is 54.1 Å². The highest BCUT2D eigenvalue weighted by Gasteiger charge is 2.01. The maximum absolute atomic E-state index is 5.10. The number of aliphatic imine (C=N–C) groups is 1. The molecule has 1 aromatic carbocycles. The Morgan fingerprint density at radius 1 is 1.18 bits per heavy atom. The van der Waals surface area contributed by atoms with Gasteiger partial charge in [-0.1, -0.05) is 24.3 Å². The van der Waals surface area contributed by atoms with Crippen LogP contribution < -0.4 is 10.6 Å². The lowest BCUT2D eigenvalue weighted by Crippen LogP contribution is -2.41. The number of methoxy groups -OCH3 is 1. The summed E-state index contributed by atoms with van der Waals surface area (Å²) in [7, 11) is 3.88. The number of benzene rings is 1. The van der Waals surface area contributed by atoms with E-state index in [1.54, 1.807) is 13.3 Å². The van der Waals surface area contributed by atoms with Gasteiger partial charge in [-0.2, -0.15) is 0 Å². The van der Waals surface area contributed by atoms with Crippen LogP contribution in [0.25, 0.3) is 0 Å². The minimum absolute atomic E-state index is 0.657. The van der Waals surface area contributed by atoms with Gasteiger partial charge in [0, 0.05) is 58.8 Å². The lowest BCUT2D eigenvalue weighted by atomic mass is 10.1. The first-order chi connectivity index (χ1) is 13.7. The fraction of sp³-hybridized carbons (Fsp3) is 0.524. The van der Waals surface area contributed by atoms with Gasteiger partial charge in [0.25, 0.3) is 0 Å². The third kappa shape index (κ3) is 8.54. The van der Waals surface area contributed by atoms with E-state index in [-0.39, 0.29) is 0 Å². The number of aromatic nitrogens is 2. The molecule has 0 unspecified atom stereocenters. The van der Waals surface area contributed by atoms with Crippen LogP contribution in [0.2, 0.25) is 0 Å². The van der Waals surface area contributed by atoms with Gasteiger partial charge in [0.15, 0.2) is 5.96 Å². The molecule has 1 aromatic heterocycles. The number of imidazole rings is 1. The van der Waals surface area contributed by atoms with Gasteiger partial charge in [-0.25, -0.2) is 9.98 Å². The zero-order valence-electron chi connectivity index (χ0n) is 17.4. The predicted molar refractivity (Wildman–Crippen MR) is 115 cm³/mol. The Balaban J connectivity index is 1.77. The van der Waals surface area contributed by atoms with Gasteiger partial charge in [-0.15, -0.1) is 0 Å². The van der Waals surface area contributed by atoms with Gasteiger partial charge in [-0.3, -0.25) is 0 Å². The lowest BCUT2D eigenvalue weighted by molar-refractivity contribution is 0.180. The zero-order valence-corrected chi connectivity index (χ0v) is 17.4. The SMILES string of the molecule is CCNC(=NCc1ccc(Cn2ccnc2)cc1)NCCN(C)CCCOC. The molecule has 0 spiro atoms. The molecule has 0 radical (unpaired) electrons. The van der Waals surface area contributed by atoms with E-state index in [9.17, 15) is 0 Å². The number of guanidine groups is 1. The Labute approximate surface area is 168 Å². The molecule has 0 bridgehead atoms. The first-order valence-corrected chi connectivity index (χ1v) is 9.94. The standard InChI is InChI=1S/C21H34N6O/c1-4-23-21(24-11-13-26(2)12-5-15-28-3)25-16-19-6-8-20(9-7-19)17-27-14-10-22-18-27/h6-10,14,18H,4-5,11-13,15-17H2,1-3H3,(H2,23,24,25). The molecular weight excluding hydrogens is 352 g/mol. The molecule has 0 aliphatic carbocycles. The number of nitrogens with zero attached hydrogens (tertiary/aromatic N) is 4. The minimum Gasteiger partial charge on any atom is -0.385 e. The van der Waals surface area contributed by atoms with Crippen LogP contribution in [0, 0.1) is 0 Å².